The van der Waals surface area contributed by atoms with E-state index in [1.807, 2.05) is 0 Å². The number of aromatic nitrogens is 1. The van der Waals surface area contributed by atoms with Crippen LogP contribution in [-0.2, 0) is 20.1 Å². The van der Waals surface area contributed by atoms with Gasteiger partial charge in [-0.25, -0.2) is 0 Å². The van der Waals surface area contributed by atoms with Gasteiger partial charge in [-0.15, -0.1) is 34.9 Å². The van der Waals surface area contributed by atoms with Crippen molar-refractivity contribution in [3.8, 4) is 11.3 Å². The number of hydrogen-bond donors (Lipinski definition) is 2. The maximum Gasteiger partial charge on any atom is 0.0646 e. The number of nitrogens with zero attached hydrogens (tertiary/aromatic N) is 1. The van der Waals surface area contributed by atoms with Crippen LogP contribution in [0.25, 0.3) is 22.2 Å². The summed E-state index contributed by atoms with van der Waals surface area (Å²) in [7, 11) is 0. The Labute approximate surface area is 224 Å². The smallest absolute Gasteiger partial charge is 0.0646 e. The van der Waals surface area contributed by atoms with Gasteiger partial charge in [-0.3, -0.25) is 4.98 Å². The Morgan fingerprint density at radius 3 is 2.20 bits per heavy atom. The van der Waals surface area contributed by atoms with E-state index in [9.17, 15) is 10.2 Å². The minimum Gasteiger partial charge on any atom is -0.392 e. The van der Waals surface area contributed by atoms with Crippen LogP contribution < -0.4 is 0 Å². The van der Waals surface area contributed by atoms with E-state index in [0.29, 0.717) is 5.92 Å². The standard InChI is InChI=1S/C18H16N.C13H24O2.Ir/c1-12-4-5-15-6-7-17(19-18(15)11-12)16-9-13(2)8-14(3)10-16;1-12(2)6-5-8-7-13(3,4)11(15)9(8)10(12)14;/h4-9,11H,1-3H3;8-11,14-15H,5-7H2,1-4H3;/q-1;;. The fraction of sp³-hybridized carbons (Fsp3) is 0.516. The van der Waals surface area contributed by atoms with Gasteiger partial charge in [0.05, 0.1) is 17.7 Å². The first-order valence-electron chi connectivity index (χ1n) is 12.6. The van der Waals surface area contributed by atoms with Gasteiger partial charge < -0.3 is 10.2 Å². The van der Waals surface area contributed by atoms with Crippen LogP contribution >= 0.6 is 0 Å². The van der Waals surface area contributed by atoms with Crippen molar-refractivity contribution in [1.82, 2.24) is 4.98 Å². The third-order valence-corrected chi connectivity index (χ3v) is 8.09. The van der Waals surface area contributed by atoms with Gasteiger partial charge >= 0.3 is 0 Å². The van der Waals surface area contributed by atoms with Crippen LogP contribution in [0.4, 0.5) is 0 Å². The Morgan fingerprint density at radius 1 is 0.857 bits per heavy atom. The minimum absolute atomic E-state index is 0. The number of rotatable bonds is 1. The van der Waals surface area contributed by atoms with Crippen molar-refractivity contribution in [3.63, 3.8) is 0 Å². The Hall–Kier alpha value is -1.58. The maximum atomic E-state index is 10.3. The topological polar surface area (TPSA) is 53.4 Å². The van der Waals surface area contributed by atoms with E-state index >= 15 is 0 Å². The van der Waals surface area contributed by atoms with E-state index in [2.05, 4.69) is 97.0 Å². The van der Waals surface area contributed by atoms with Crippen LogP contribution in [-0.4, -0.2) is 27.4 Å². The third kappa shape index (κ3) is 5.88. The monoisotopic (exact) mass is 651 g/mol. The summed E-state index contributed by atoms with van der Waals surface area (Å²) in [5.74, 6) is 0.627. The summed E-state index contributed by atoms with van der Waals surface area (Å²) in [6.45, 7) is 14.7. The first-order valence-corrected chi connectivity index (χ1v) is 12.6. The van der Waals surface area contributed by atoms with Crippen molar-refractivity contribution in [1.29, 1.82) is 0 Å². The van der Waals surface area contributed by atoms with Crippen LogP contribution in [0.3, 0.4) is 0 Å². The first-order chi connectivity index (χ1) is 15.9. The van der Waals surface area contributed by atoms with Crippen LogP contribution in [0.15, 0.2) is 42.5 Å². The molecule has 5 rings (SSSR count). The molecule has 2 N–H and O–H groups in total. The first kappa shape index (κ1) is 28.0. The third-order valence-electron chi connectivity index (χ3n) is 8.09. The summed E-state index contributed by atoms with van der Waals surface area (Å²) in [4.78, 5) is 4.76. The maximum absolute atomic E-state index is 10.3. The zero-order valence-electron chi connectivity index (χ0n) is 22.1. The van der Waals surface area contributed by atoms with Crippen molar-refractivity contribution >= 4 is 10.9 Å². The zero-order valence-corrected chi connectivity index (χ0v) is 24.5. The van der Waals surface area contributed by atoms with E-state index in [0.717, 1.165) is 41.6 Å². The molecule has 35 heavy (non-hydrogen) atoms. The van der Waals surface area contributed by atoms with Gasteiger partial charge in [0, 0.05) is 26.0 Å². The molecule has 0 spiro atoms. The number of benzene rings is 2. The summed E-state index contributed by atoms with van der Waals surface area (Å²) in [6.07, 6.45) is 2.63. The fourth-order valence-corrected chi connectivity index (χ4v) is 6.07. The second-order valence-electron chi connectivity index (χ2n) is 12.1. The number of fused-ring (bicyclic) bond motifs is 2. The number of aliphatic hydroxyl groups is 2. The van der Waals surface area contributed by atoms with Gasteiger partial charge in [0.25, 0.3) is 0 Å². The Balaban J connectivity index is 0.000000195. The SMILES string of the molecule is CC1(C)CCC2CC(C)(C)C(O)C2C1O.Cc1[c-]c(-c2ccc3ccc(C)cc3n2)cc(C)c1.[Ir]. The molecule has 2 aliphatic carbocycles. The molecule has 4 atom stereocenters. The molecular weight excluding hydrogens is 611 g/mol. The molecule has 4 unspecified atom stereocenters. The van der Waals surface area contributed by atoms with Crippen molar-refractivity contribution in [2.75, 3.05) is 0 Å². The van der Waals surface area contributed by atoms with E-state index in [1.165, 1.54) is 16.5 Å². The number of pyridine rings is 1. The summed E-state index contributed by atoms with van der Waals surface area (Å²) < 4.78 is 0. The molecule has 1 radical (unpaired) electrons. The van der Waals surface area contributed by atoms with Crippen molar-refractivity contribution < 1.29 is 30.3 Å². The largest absolute Gasteiger partial charge is 0.392 e. The summed E-state index contributed by atoms with van der Waals surface area (Å²) in [5.41, 5.74) is 6.70. The van der Waals surface area contributed by atoms with Gasteiger partial charge in [-0.05, 0) is 65.6 Å². The van der Waals surface area contributed by atoms with Gasteiger partial charge in [0.1, 0.15) is 0 Å². The molecule has 1 heterocycles. The Morgan fingerprint density at radius 2 is 1.51 bits per heavy atom. The van der Waals surface area contributed by atoms with Crippen LogP contribution in [0, 0.1) is 49.5 Å². The molecule has 2 aliphatic rings. The summed E-state index contributed by atoms with van der Waals surface area (Å²) in [5, 5.41) is 21.8. The molecule has 2 fully saturated rings. The molecule has 0 bridgehead atoms. The van der Waals surface area contributed by atoms with E-state index in [4.69, 9.17) is 4.98 Å². The molecule has 2 saturated carbocycles. The average molecular weight is 651 g/mol. The van der Waals surface area contributed by atoms with E-state index in [-0.39, 0.29) is 49.1 Å². The second kappa shape index (κ2) is 10.4. The molecule has 3 nitrogen and oxygen atoms in total. The molecule has 1 aromatic heterocycles. The molecule has 0 saturated heterocycles. The van der Waals surface area contributed by atoms with Crippen LogP contribution in [0.5, 0.6) is 0 Å². The second-order valence-corrected chi connectivity index (χ2v) is 12.1. The fourth-order valence-electron chi connectivity index (χ4n) is 6.07. The molecule has 0 amide bonds. The molecule has 0 aliphatic heterocycles. The van der Waals surface area contributed by atoms with Crippen molar-refractivity contribution in [3.05, 3.63) is 65.2 Å². The predicted molar refractivity (Wildman–Crippen MR) is 141 cm³/mol. The van der Waals surface area contributed by atoms with Crippen molar-refractivity contribution in [2.45, 2.75) is 79.9 Å². The predicted octanol–water partition coefficient (Wildman–Crippen LogP) is 6.82. The Bertz CT molecular complexity index is 1160. The summed E-state index contributed by atoms with van der Waals surface area (Å²) in [6, 6.07) is 18.2. The van der Waals surface area contributed by atoms with Gasteiger partial charge in [0.15, 0.2) is 0 Å². The number of aliphatic hydroxyl groups excluding tert-OH is 2. The van der Waals surface area contributed by atoms with Gasteiger partial charge in [-0.2, -0.15) is 0 Å². The number of aryl methyl sites for hydroxylation is 3. The molecule has 3 aromatic rings. The van der Waals surface area contributed by atoms with Crippen molar-refractivity contribution in [2.24, 2.45) is 22.7 Å². The minimum atomic E-state index is -0.340. The zero-order chi connectivity index (χ0) is 24.8. The summed E-state index contributed by atoms with van der Waals surface area (Å²) >= 11 is 0. The normalized spacial score (nSPS) is 26.3. The molecule has 4 heteroatoms. The van der Waals surface area contributed by atoms with Gasteiger partial charge in [0.2, 0.25) is 0 Å². The van der Waals surface area contributed by atoms with Gasteiger partial charge in [-0.1, -0.05) is 65.8 Å². The Kier molecular flexibility index (Phi) is 8.34. The van der Waals surface area contributed by atoms with Crippen LogP contribution in [0.2, 0.25) is 0 Å². The molecule has 191 valence electrons. The quantitative estimate of drug-likeness (QED) is 0.285. The van der Waals surface area contributed by atoms with E-state index < -0.39 is 0 Å². The average Bonchev–Trinajstić information content (AvgIpc) is 2.99. The van der Waals surface area contributed by atoms with Crippen LogP contribution in [0.1, 0.15) is 63.6 Å². The molecular formula is C31H40IrNO2-. The molecule has 2 aromatic carbocycles. The number of hydrogen-bond acceptors (Lipinski definition) is 3. The van der Waals surface area contributed by atoms with E-state index in [1.54, 1.807) is 0 Å².